The van der Waals surface area contributed by atoms with Gasteiger partial charge in [-0.15, -0.1) is 0 Å². The first kappa shape index (κ1) is 30.3. The van der Waals surface area contributed by atoms with Crippen molar-refractivity contribution in [1.29, 1.82) is 0 Å². The number of anilines is 2. The van der Waals surface area contributed by atoms with Gasteiger partial charge in [0, 0.05) is 17.8 Å². The summed E-state index contributed by atoms with van der Waals surface area (Å²) in [7, 11) is 0. The lowest BCUT2D eigenvalue weighted by molar-refractivity contribution is -0.148. The molecule has 0 spiro atoms. The number of nitrogens with two attached hydrogens (primary N) is 1. The summed E-state index contributed by atoms with van der Waals surface area (Å²) in [4.78, 5) is 38.2. The third-order valence-corrected chi connectivity index (χ3v) is 8.05. The van der Waals surface area contributed by atoms with E-state index in [1.54, 1.807) is 28.5 Å². The fraction of sp³-hybridized carbons (Fsp3) is 0.281. The van der Waals surface area contributed by atoms with Crippen LogP contribution in [0.5, 0.6) is 5.75 Å². The minimum atomic E-state index is -0.770. The molecule has 4 heterocycles. The minimum Gasteiger partial charge on any atom is -0.490 e. The number of carbonyl (C=O) groups excluding carboxylic acids is 2. The van der Waals surface area contributed by atoms with E-state index in [1.807, 2.05) is 48.6 Å². The van der Waals surface area contributed by atoms with Gasteiger partial charge < -0.3 is 30.0 Å². The molecule has 0 bridgehead atoms. The summed E-state index contributed by atoms with van der Waals surface area (Å²) in [5.41, 5.74) is 10.5. The first-order chi connectivity index (χ1) is 23.0. The first-order valence-corrected chi connectivity index (χ1v) is 15.0. The van der Waals surface area contributed by atoms with Crippen molar-refractivity contribution in [1.82, 2.24) is 30.3 Å². The number of fused-ring (bicyclic) bond motifs is 2. The van der Waals surface area contributed by atoms with Crippen LogP contribution in [0, 0.1) is 0 Å². The number of nitrogens with one attached hydrogen (secondary N) is 3. The second-order valence-electron chi connectivity index (χ2n) is 11.2. The molecule has 242 valence electrons. The number of nitrogen functional groups attached to an aromatic ring is 1. The Kier molecular flexibility index (Phi) is 8.50. The zero-order valence-electron chi connectivity index (χ0n) is 25.0. The van der Waals surface area contributed by atoms with Gasteiger partial charge in [-0.05, 0) is 42.7 Å². The number of ether oxygens (including phenoxy) is 4. The van der Waals surface area contributed by atoms with Gasteiger partial charge in [0.15, 0.2) is 29.5 Å². The lowest BCUT2D eigenvalue weighted by Gasteiger charge is -2.22. The van der Waals surface area contributed by atoms with Gasteiger partial charge in [0.05, 0.1) is 11.9 Å². The van der Waals surface area contributed by atoms with Crippen molar-refractivity contribution in [3.8, 4) is 5.75 Å². The molecule has 2 aliphatic heterocycles. The van der Waals surface area contributed by atoms with E-state index in [9.17, 15) is 14.8 Å². The maximum Gasteiger partial charge on any atom is 0.324 e. The van der Waals surface area contributed by atoms with Crippen LogP contribution in [0.15, 0.2) is 85.1 Å². The number of hydrogen-bond acceptors (Lipinski definition) is 11. The third kappa shape index (κ3) is 6.37. The van der Waals surface area contributed by atoms with Crippen LogP contribution in [0.4, 0.5) is 16.3 Å². The van der Waals surface area contributed by atoms with E-state index in [2.05, 4.69) is 25.6 Å². The highest BCUT2D eigenvalue weighted by molar-refractivity contribution is 5.97. The van der Waals surface area contributed by atoms with Crippen molar-refractivity contribution in [2.24, 2.45) is 0 Å². The second-order valence-corrected chi connectivity index (χ2v) is 11.2. The highest BCUT2D eigenvalue weighted by Gasteiger charge is 2.54. The van der Waals surface area contributed by atoms with Gasteiger partial charge in [0.1, 0.15) is 37.0 Å². The number of nitrogens with zero attached hydrogens (tertiary/aromatic N) is 4. The monoisotopic (exact) mass is 640 g/mol. The molecule has 15 heteroatoms. The average molecular weight is 641 g/mol. The summed E-state index contributed by atoms with van der Waals surface area (Å²) in [6, 6.07) is 13.9. The van der Waals surface area contributed by atoms with E-state index in [4.69, 9.17) is 24.7 Å². The highest BCUT2D eigenvalue weighted by atomic mass is 16.8. The predicted octanol–water partition coefficient (Wildman–Crippen LogP) is 3.21. The Hall–Kier alpha value is -5.35. The molecular weight excluding hydrogens is 608 g/mol. The molecule has 2 aromatic heterocycles. The number of hydroxylamine groups is 1. The average Bonchev–Trinajstić information content (AvgIpc) is 3.79. The van der Waals surface area contributed by atoms with Gasteiger partial charge in [0.25, 0.3) is 5.91 Å². The molecule has 0 saturated carbocycles. The lowest BCUT2D eigenvalue weighted by atomic mass is 10.1. The largest absolute Gasteiger partial charge is 0.490 e. The lowest BCUT2D eigenvalue weighted by Crippen LogP contribution is -2.33. The summed E-state index contributed by atoms with van der Waals surface area (Å²) >= 11 is 0. The number of urea groups is 1. The Labute approximate surface area is 268 Å². The quantitative estimate of drug-likeness (QED) is 0.102. The number of carbonyl (C=O) groups is 2. The molecule has 3 amide bonds. The number of amides is 3. The molecule has 6 N–H and O–H groups in total. The molecule has 2 fully saturated rings. The van der Waals surface area contributed by atoms with E-state index in [-0.39, 0.29) is 23.7 Å². The van der Waals surface area contributed by atoms with Crippen LogP contribution in [0.3, 0.4) is 0 Å². The molecule has 0 radical (unpaired) electrons. The number of imidazole rings is 1. The van der Waals surface area contributed by atoms with Crippen molar-refractivity contribution >= 4 is 34.6 Å². The van der Waals surface area contributed by atoms with Crippen molar-refractivity contribution in [2.75, 3.05) is 17.7 Å². The predicted molar refractivity (Wildman–Crippen MR) is 167 cm³/mol. The fourth-order valence-electron chi connectivity index (χ4n) is 5.86. The summed E-state index contributed by atoms with van der Waals surface area (Å²) < 4.78 is 27.0. The molecular formula is C32H32N8O7. The van der Waals surface area contributed by atoms with Gasteiger partial charge in [0.2, 0.25) is 0 Å². The minimum absolute atomic E-state index is 0.0195. The van der Waals surface area contributed by atoms with E-state index in [0.717, 1.165) is 24.1 Å². The number of aromatic nitrogens is 4. The standard InChI is InChI=1S/C32H32N8O7/c33-19-11-12-22(21(14-19)30(41)39-43)44-15-23-26-27(47-24(46-26)13-18-7-3-1-4-8-18)31(45-23)40-17-36-25-28(34-16-35-29(25)40)38-32(42)37-20-9-5-2-6-10-20/h1-5,7-9,11-12,14,16-17,23-24,26-27,31,43H,6,10,13,15,33H2,(H,39,41)(H2,34,35,37,38,42). The van der Waals surface area contributed by atoms with Gasteiger partial charge >= 0.3 is 6.03 Å². The molecule has 5 unspecified atom stereocenters. The smallest absolute Gasteiger partial charge is 0.324 e. The summed E-state index contributed by atoms with van der Waals surface area (Å²) in [6.45, 7) is -0.0195. The van der Waals surface area contributed by atoms with Crippen LogP contribution in [-0.2, 0) is 20.6 Å². The second kappa shape index (κ2) is 13.2. The Balaban J connectivity index is 1.14. The molecule has 47 heavy (non-hydrogen) atoms. The van der Waals surface area contributed by atoms with Crippen LogP contribution in [0.1, 0.15) is 35.0 Å². The van der Waals surface area contributed by atoms with Crippen molar-refractivity contribution in [3.05, 3.63) is 96.2 Å². The topological polar surface area (TPSA) is 197 Å². The molecule has 3 aliphatic rings. The zero-order chi connectivity index (χ0) is 32.3. The number of allylic oxidation sites excluding steroid dienone is 4. The van der Waals surface area contributed by atoms with Crippen molar-refractivity contribution in [3.63, 3.8) is 0 Å². The Morgan fingerprint density at radius 2 is 1.89 bits per heavy atom. The SMILES string of the molecule is Nc1ccc(OCC2OC(n3cnc4c(NC(=O)NC5=CC=CCC5)ncnc43)C3OC(Cc4ccccc4)OC23)c(C(=O)NO)c1. The van der Waals surface area contributed by atoms with E-state index in [0.29, 0.717) is 23.3 Å². The van der Waals surface area contributed by atoms with Crippen LogP contribution in [-0.4, -0.2) is 67.9 Å². The van der Waals surface area contributed by atoms with Crippen molar-refractivity contribution in [2.45, 2.75) is 50.1 Å². The van der Waals surface area contributed by atoms with Crippen LogP contribution < -0.4 is 26.6 Å². The number of benzene rings is 2. The maximum atomic E-state index is 12.8. The molecule has 5 atom stereocenters. The number of hydrogen-bond donors (Lipinski definition) is 5. The zero-order valence-corrected chi connectivity index (χ0v) is 25.0. The van der Waals surface area contributed by atoms with Crippen molar-refractivity contribution < 1.29 is 33.7 Å². The molecule has 7 rings (SSSR count). The van der Waals surface area contributed by atoms with Gasteiger partial charge in [-0.25, -0.2) is 25.2 Å². The van der Waals surface area contributed by atoms with E-state index in [1.165, 1.54) is 12.4 Å². The van der Waals surface area contributed by atoms with E-state index >= 15 is 0 Å². The molecule has 1 aliphatic carbocycles. The summed E-state index contributed by atoms with van der Waals surface area (Å²) in [6.07, 6.45) is 7.68. The van der Waals surface area contributed by atoms with Crippen LogP contribution >= 0.6 is 0 Å². The van der Waals surface area contributed by atoms with Crippen LogP contribution in [0.2, 0.25) is 0 Å². The molecule has 15 nitrogen and oxygen atoms in total. The Morgan fingerprint density at radius 1 is 1.04 bits per heavy atom. The van der Waals surface area contributed by atoms with E-state index < -0.39 is 42.8 Å². The highest BCUT2D eigenvalue weighted by Crippen LogP contribution is 2.41. The van der Waals surface area contributed by atoms with Crippen LogP contribution in [0.25, 0.3) is 11.2 Å². The fourth-order valence-corrected chi connectivity index (χ4v) is 5.86. The molecule has 2 aromatic carbocycles. The maximum absolute atomic E-state index is 12.8. The summed E-state index contributed by atoms with van der Waals surface area (Å²) in [5.74, 6) is -0.339. The molecule has 2 saturated heterocycles. The Morgan fingerprint density at radius 3 is 2.70 bits per heavy atom. The normalized spacial score (nSPS) is 23.3. The first-order valence-electron chi connectivity index (χ1n) is 15.0. The van der Waals surface area contributed by atoms with Gasteiger partial charge in [-0.2, -0.15) is 0 Å². The van der Waals surface area contributed by atoms with Gasteiger partial charge in [-0.3, -0.25) is 19.9 Å². The molecule has 4 aromatic rings. The van der Waals surface area contributed by atoms with Gasteiger partial charge in [-0.1, -0.05) is 42.5 Å². The Bertz CT molecular complexity index is 1850. The number of rotatable bonds is 9. The third-order valence-electron chi connectivity index (χ3n) is 8.05. The summed E-state index contributed by atoms with van der Waals surface area (Å²) in [5, 5.41) is 14.8.